The van der Waals surface area contributed by atoms with Gasteiger partial charge in [-0.1, -0.05) is 0 Å². The minimum atomic E-state index is -6.11. The van der Waals surface area contributed by atoms with Crippen molar-refractivity contribution in [3.63, 3.8) is 0 Å². The van der Waals surface area contributed by atoms with Gasteiger partial charge in [0.15, 0.2) is 0 Å². The van der Waals surface area contributed by atoms with E-state index in [0.29, 0.717) is 0 Å². The van der Waals surface area contributed by atoms with Crippen LogP contribution >= 0.6 is 0 Å². The molecule has 0 heterocycles. The Bertz CT molecular complexity index is 241. The minimum absolute atomic E-state index is 0.128. The standard InChI is InChI=1S/C6H6F6O3/c1-2(3(13)14)4(15,5(7,8)9)6(10,11)12/h2,15H,1H3,(H,13,14). The fourth-order valence-corrected chi connectivity index (χ4v) is 0.830. The Labute approximate surface area is 79.3 Å². The van der Waals surface area contributed by atoms with E-state index in [1.54, 1.807) is 0 Å². The van der Waals surface area contributed by atoms with Crippen LogP contribution in [0.15, 0.2) is 0 Å². The summed E-state index contributed by atoms with van der Waals surface area (Å²) in [5, 5.41) is 16.6. The molecule has 15 heavy (non-hydrogen) atoms. The summed E-state index contributed by atoms with van der Waals surface area (Å²) in [7, 11) is 0. The summed E-state index contributed by atoms with van der Waals surface area (Å²) < 4.78 is 71.9. The average Bonchev–Trinajstić information content (AvgIpc) is 1.96. The number of rotatable bonds is 2. The van der Waals surface area contributed by atoms with Crippen LogP contribution in [-0.2, 0) is 4.79 Å². The Hall–Kier alpha value is -0.990. The third-order valence-electron chi connectivity index (χ3n) is 1.86. The molecule has 2 N–H and O–H groups in total. The number of aliphatic carboxylic acids is 1. The number of carboxylic acids is 1. The fourth-order valence-electron chi connectivity index (χ4n) is 0.830. The van der Waals surface area contributed by atoms with Gasteiger partial charge in [-0.05, 0) is 6.92 Å². The number of halogens is 6. The maximum absolute atomic E-state index is 12.0. The minimum Gasteiger partial charge on any atom is -0.481 e. The third-order valence-corrected chi connectivity index (χ3v) is 1.86. The van der Waals surface area contributed by atoms with E-state index < -0.39 is 29.8 Å². The molecule has 0 aromatic rings. The van der Waals surface area contributed by atoms with E-state index in [0.717, 1.165) is 0 Å². The molecule has 0 aromatic carbocycles. The molecular formula is C6H6F6O3. The molecule has 9 heteroatoms. The predicted octanol–water partition coefficient (Wildman–Crippen LogP) is 1.56. The van der Waals surface area contributed by atoms with Crippen LogP contribution in [-0.4, -0.2) is 34.1 Å². The Kier molecular flexibility index (Phi) is 3.31. The first kappa shape index (κ1) is 14.0. The molecule has 0 radical (unpaired) electrons. The van der Waals surface area contributed by atoms with Gasteiger partial charge in [0.2, 0.25) is 0 Å². The highest BCUT2D eigenvalue weighted by atomic mass is 19.4. The molecule has 0 amide bonds. The van der Waals surface area contributed by atoms with Gasteiger partial charge in [-0.2, -0.15) is 26.3 Å². The Morgan fingerprint density at radius 1 is 1.07 bits per heavy atom. The molecule has 3 nitrogen and oxygen atoms in total. The van der Waals surface area contributed by atoms with Gasteiger partial charge in [0.1, 0.15) is 5.92 Å². The van der Waals surface area contributed by atoms with Crippen LogP contribution in [0.3, 0.4) is 0 Å². The summed E-state index contributed by atoms with van der Waals surface area (Å²) in [5.41, 5.74) is -5.24. The van der Waals surface area contributed by atoms with E-state index in [1.807, 2.05) is 0 Å². The lowest BCUT2D eigenvalue weighted by Crippen LogP contribution is -2.62. The van der Waals surface area contributed by atoms with Crippen molar-refractivity contribution >= 4 is 5.97 Å². The van der Waals surface area contributed by atoms with E-state index in [9.17, 15) is 31.1 Å². The Balaban J connectivity index is 5.53. The van der Waals surface area contributed by atoms with Gasteiger partial charge >= 0.3 is 18.3 Å². The first-order chi connectivity index (χ1) is 6.35. The maximum atomic E-state index is 12.0. The molecule has 0 aliphatic rings. The van der Waals surface area contributed by atoms with Gasteiger partial charge in [-0.15, -0.1) is 0 Å². The number of carbonyl (C=O) groups is 1. The van der Waals surface area contributed by atoms with Crippen LogP contribution in [0.1, 0.15) is 6.92 Å². The molecule has 0 aliphatic heterocycles. The lowest BCUT2D eigenvalue weighted by molar-refractivity contribution is -0.380. The number of hydrogen-bond acceptors (Lipinski definition) is 2. The number of hydrogen-bond donors (Lipinski definition) is 2. The van der Waals surface area contributed by atoms with Crippen molar-refractivity contribution in [2.24, 2.45) is 5.92 Å². The van der Waals surface area contributed by atoms with Crippen LogP contribution in [0.5, 0.6) is 0 Å². The molecule has 1 atom stereocenters. The van der Waals surface area contributed by atoms with E-state index >= 15 is 0 Å². The zero-order valence-corrected chi connectivity index (χ0v) is 7.15. The molecule has 90 valence electrons. The third kappa shape index (κ3) is 2.16. The lowest BCUT2D eigenvalue weighted by Gasteiger charge is -2.34. The fraction of sp³-hybridized carbons (Fsp3) is 0.833. The summed E-state index contributed by atoms with van der Waals surface area (Å²) in [6, 6.07) is 0. The highest BCUT2D eigenvalue weighted by Gasteiger charge is 2.74. The van der Waals surface area contributed by atoms with E-state index in [-0.39, 0.29) is 6.92 Å². The molecule has 0 aliphatic carbocycles. The van der Waals surface area contributed by atoms with Crippen LogP contribution in [0.4, 0.5) is 26.3 Å². The van der Waals surface area contributed by atoms with E-state index in [2.05, 4.69) is 0 Å². The summed E-state index contributed by atoms with van der Waals surface area (Å²) >= 11 is 0. The molecular weight excluding hydrogens is 234 g/mol. The summed E-state index contributed by atoms with van der Waals surface area (Å²) in [6.07, 6.45) is -12.2. The van der Waals surface area contributed by atoms with Gasteiger partial charge in [0, 0.05) is 0 Å². The predicted molar refractivity (Wildman–Crippen MR) is 33.9 cm³/mol. The van der Waals surface area contributed by atoms with Gasteiger partial charge in [0.25, 0.3) is 5.60 Å². The van der Waals surface area contributed by atoms with Crippen molar-refractivity contribution in [3.05, 3.63) is 0 Å². The quantitative estimate of drug-likeness (QED) is 0.720. The van der Waals surface area contributed by atoms with Gasteiger partial charge in [-0.3, -0.25) is 4.79 Å². The Morgan fingerprint density at radius 2 is 1.33 bits per heavy atom. The van der Waals surface area contributed by atoms with Gasteiger partial charge < -0.3 is 10.2 Å². The molecule has 0 saturated carbocycles. The normalized spacial score (nSPS) is 16.3. The molecule has 0 rings (SSSR count). The average molecular weight is 240 g/mol. The maximum Gasteiger partial charge on any atom is 0.427 e. The molecule has 0 fully saturated rings. The van der Waals surface area contributed by atoms with E-state index in [1.165, 1.54) is 0 Å². The zero-order valence-electron chi connectivity index (χ0n) is 7.15. The van der Waals surface area contributed by atoms with Crippen molar-refractivity contribution in [1.82, 2.24) is 0 Å². The van der Waals surface area contributed by atoms with Crippen molar-refractivity contribution in [3.8, 4) is 0 Å². The second kappa shape index (κ2) is 3.54. The second-order valence-electron chi connectivity index (χ2n) is 2.82. The Morgan fingerprint density at radius 3 is 1.40 bits per heavy atom. The van der Waals surface area contributed by atoms with Gasteiger partial charge in [0.05, 0.1) is 0 Å². The SMILES string of the molecule is CC(C(=O)O)C(O)(C(F)(F)F)C(F)(F)F. The lowest BCUT2D eigenvalue weighted by atomic mass is 9.87. The van der Waals surface area contributed by atoms with Crippen molar-refractivity contribution in [2.45, 2.75) is 24.9 Å². The molecule has 0 aromatic heterocycles. The van der Waals surface area contributed by atoms with E-state index in [4.69, 9.17) is 10.2 Å². The molecule has 0 saturated heterocycles. The topological polar surface area (TPSA) is 57.5 Å². The van der Waals surface area contributed by atoms with Gasteiger partial charge in [-0.25, -0.2) is 0 Å². The van der Waals surface area contributed by atoms with Crippen LogP contribution in [0.25, 0.3) is 0 Å². The summed E-state index contributed by atoms with van der Waals surface area (Å²) in [4.78, 5) is 10.1. The van der Waals surface area contributed by atoms with Crippen molar-refractivity contribution in [2.75, 3.05) is 0 Å². The van der Waals surface area contributed by atoms with Crippen LogP contribution < -0.4 is 0 Å². The molecule has 0 spiro atoms. The second-order valence-corrected chi connectivity index (χ2v) is 2.82. The summed E-state index contributed by atoms with van der Waals surface area (Å²) in [5.74, 6) is -5.44. The van der Waals surface area contributed by atoms with Crippen LogP contribution in [0, 0.1) is 5.92 Å². The highest BCUT2D eigenvalue weighted by molar-refractivity contribution is 5.71. The molecule has 1 unspecified atom stereocenters. The first-order valence-corrected chi connectivity index (χ1v) is 3.44. The largest absolute Gasteiger partial charge is 0.481 e. The smallest absolute Gasteiger partial charge is 0.427 e. The molecule has 0 bridgehead atoms. The van der Waals surface area contributed by atoms with Crippen molar-refractivity contribution < 1.29 is 41.4 Å². The number of alkyl halides is 6. The first-order valence-electron chi connectivity index (χ1n) is 3.44. The van der Waals surface area contributed by atoms with Crippen LogP contribution in [0.2, 0.25) is 0 Å². The summed E-state index contributed by atoms with van der Waals surface area (Å²) in [6.45, 7) is 0.128. The van der Waals surface area contributed by atoms with Crippen molar-refractivity contribution in [1.29, 1.82) is 0 Å². The number of carboxylic acid groups (broad SMARTS) is 1. The zero-order chi connectivity index (χ0) is 12.7. The number of aliphatic hydroxyl groups is 1. The monoisotopic (exact) mass is 240 g/mol. The highest BCUT2D eigenvalue weighted by Crippen LogP contribution is 2.47.